The molecule has 0 rings (SSSR count). The lowest BCUT2D eigenvalue weighted by atomic mass is 11.6. The Morgan fingerprint density at radius 3 is 2.12 bits per heavy atom. The van der Waals surface area contributed by atoms with Crippen LogP contribution in [0.1, 0.15) is 0 Å². The van der Waals surface area contributed by atoms with Crippen molar-refractivity contribution < 1.29 is 18.0 Å². The van der Waals surface area contributed by atoms with E-state index in [1.807, 2.05) is 0 Å². The van der Waals surface area contributed by atoms with E-state index in [0.29, 0.717) is 0 Å². The molecule has 0 amide bonds. The zero-order valence-electron chi connectivity index (χ0n) is 3.40. The van der Waals surface area contributed by atoms with E-state index in [-0.39, 0.29) is 0 Å². The van der Waals surface area contributed by atoms with Gasteiger partial charge in [-0.15, -0.1) is 4.40 Å². The summed E-state index contributed by atoms with van der Waals surface area (Å²) < 4.78 is 35.0. The Labute approximate surface area is 46.9 Å². The van der Waals surface area contributed by atoms with Gasteiger partial charge in [-0.3, -0.25) is 0 Å². The fourth-order valence-corrected chi connectivity index (χ4v) is 0.211. The van der Waals surface area contributed by atoms with Gasteiger partial charge in [0.2, 0.25) is 6.08 Å². The number of nitrogens with zero attached hydrogens (tertiary/aromatic N) is 1. The zero-order valence-corrected chi connectivity index (χ0v) is 4.21. The highest BCUT2D eigenvalue weighted by Gasteiger charge is 2.28. The summed E-state index contributed by atoms with van der Waals surface area (Å²) in [7, 11) is 0. The molecule has 6 heteroatoms. The Morgan fingerprint density at radius 2 is 2.00 bits per heavy atom. The van der Waals surface area contributed by atoms with Gasteiger partial charge in [0.05, 0.1) is 0 Å². The molecule has 0 spiro atoms. The first-order chi connectivity index (χ1) is 3.56. The number of rotatable bonds is 1. The van der Waals surface area contributed by atoms with E-state index in [4.69, 9.17) is 4.79 Å². The van der Waals surface area contributed by atoms with Gasteiger partial charge in [-0.2, -0.15) is 13.2 Å². The number of carbonyl (C=O) groups excluding carboxylic acids is 1. The topological polar surface area (TPSA) is 29.4 Å². The highest BCUT2D eigenvalue weighted by Crippen LogP contribution is 2.30. The minimum Gasteiger partial charge on any atom is -0.210 e. The summed E-state index contributed by atoms with van der Waals surface area (Å²) in [5.41, 5.74) is -4.46. The van der Waals surface area contributed by atoms with E-state index >= 15 is 0 Å². The highest BCUT2D eigenvalue weighted by molar-refractivity contribution is 7.98. The maximum absolute atomic E-state index is 10.9. The van der Waals surface area contributed by atoms with Gasteiger partial charge in [-0.25, -0.2) is 4.79 Å². The Morgan fingerprint density at radius 1 is 1.50 bits per heavy atom. The van der Waals surface area contributed by atoms with Crippen LogP contribution in [0.3, 0.4) is 0 Å². The van der Waals surface area contributed by atoms with E-state index in [1.165, 1.54) is 0 Å². The predicted octanol–water partition coefficient (Wildman–Crippen LogP) is 1.49. The third-order valence-corrected chi connectivity index (χ3v) is 0.559. The lowest BCUT2D eigenvalue weighted by Gasteiger charge is -1.94. The van der Waals surface area contributed by atoms with E-state index in [9.17, 15) is 13.2 Å². The summed E-state index contributed by atoms with van der Waals surface area (Å²) in [6.45, 7) is 0. The van der Waals surface area contributed by atoms with Gasteiger partial charge in [0.25, 0.3) is 0 Å². The van der Waals surface area contributed by atoms with Crippen molar-refractivity contribution in [1.29, 1.82) is 0 Å². The third kappa shape index (κ3) is 5.52. The number of hydrogen-bond acceptors (Lipinski definition) is 3. The van der Waals surface area contributed by atoms with Gasteiger partial charge in [0, 0.05) is 0 Å². The Kier molecular flexibility index (Phi) is 2.57. The van der Waals surface area contributed by atoms with Gasteiger partial charge in [-0.1, -0.05) is 0 Å². The minimum absolute atomic E-state index is 0.742. The number of hydrogen-bond donors (Lipinski definition) is 0. The molecule has 0 atom stereocenters. The zero-order chi connectivity index (χ0) is 6.62. The van der Waals surface area contributed by atoms with E-state index in [2.05, 4.69) is 4.40 Å². The molecule has 0 saturated carbocycles. The maximum Gasteiger partial charge on any atom is 0.464 e. The van der Waals surface area contributed by atoms with Gasteiger partial charge in [0.15, 0.2) is 0 Å². The lowest BCUT2D eigenvalue weighted by molar-refractivity contribution is -0.0327. The molecule has 2 nitrogen and oxygen atoms in total. The molecule has 0 N–H and O–H groups in total. The molecule has 0 unspecified atom stereocenters. The van der Waals surface area contributed by atoms with Crippen LogP contribution in [-0.4, -0.2) is 11.6 Å². The van der Waals surface area contributed by atoms with Crippen LogP contribution in [0.25, 0.3) is 0 Å². The summed E-state index contributed by atoms with van der Waals surface area (Å²) in [6, 6.07) is 0. The van der Waals surface area contributed by atoms with Crippen LogP contribution in [0.5, 0.6) is 0 Å². The molecule has 0 aromatic rings. The molecule has 0 heterocycles. The van der Waals surface area contributed by atoms with Crippen molar-refractivity contribution in [3.63, 3.8) is 0 Å². The molecule has 0 bridgehead atoms. The average molecular weight is 143 g/mol. The average Bonchev–Trinajstić information content (AvgIpc) is 1.59. The molecule has 8 heavy (non-hydrogen) atoms. The largest absolute Gasteiger partial charge is 0.464 e. The van der Waals surface area contributed by atoms with Gasteiger partial charge >= 0.3 is 5.51 Å². The van der Waals surface area contributed by atoms with Crippen LogP contribution < -0.4 is 0 Å². The smallest absolute Gasteiger partial charge is 0.210 e. The van der Waals surface area contributed by atoms with Crippen LogP contribution in [0.2, 0.25) is 0 Å². The fourth-order valence-electron chi connectivity index (χ4n) is 0.0704. The third-order valence-electron chi connectivity index (χ3n) is 0.186. The maximum atomic E-state index is 10.9. The summed E-state index contributed by atoms with van der Waals surface area (Å²) in [6.07, 6.45) is 0.742. The monoisotopic (exact) mass is 143 g/mol. The van der Waals surface area contributed by atoms with Crippen molar-refractivity contribution >= 4 is 18.0 Å². The summed E-state index contributed by atoms with van der Waals surface area (Å²) in [5.74, 6) is 0. The van der Waals surface area contributed by atoms with Crippen molar-refractivity contribution in [1.82, 2.24) is 0 Å². The lowest BCUT2D eigenvalue weighted by Crippen LogP contribution is -1.96. The molecule has 0 saturated heterocycles. The van der Waals surface area contributed by atoms with Crippen molar-refractivity contribution in [3.05, 3.63) is 0 Å². The molecule has 0 aliphatic rings. The second-order valence-corrected chi connectivity index (χ2v) is 1.55. The summed E-state index contributed by atoms with van der Waals surface area (Å²) >= 11 is -0.765. The number of halogens is 3. The number of isocyanates is 1. The fraction of sp³-hybridized carbons (Fsp3) is 0.500. The SMILES string of the molecule is O=C=NSC(F)(F)F. The molecule has 0 fully saturated rings. The van der Waals surface area contributed by atoms with Crippen LogP contribution in [0.15, 0.2) is 4.40 Å². The second kappa shape index (κ2) is 2.74. The first-order valence-electron chi connectivity index (χ1n) is 1.38. The Hall–Kier alpha value is -0.480. The standard InChI is InChI=1S/C2F3NOS/c3-2(4,5)8-6-1-7. The van der Waals surface area contributed by atoms with Crippen LogP contribution in [0, 0.1) is 0 Å². The molecule has 0 aromatic heterocycles. The van der Waals surface area contributed by atoms with E-state index in [1.54, 1.807) is 0 Å². The summed E-state index contributed by atoms with van der Waals surface area (Å²) in [4.78, 5) is 9.04. The number of alkyl halides is 3. The first-order valence-corrected chi connectivity index (χ1v) is 2.15. The molecule has 0 aliphatic heterocycles. The van der Waals surface area contributed by atoms with Gasteiger partial charge in [-0.05, 0) is 0 Å². The van der Waals surface area contributed by atoms with Crippen LogP contribution in [0.4, 0.5) is 13.2 Å². The van der Waals surface area contributed by atoms with Crippen molar-refractivity contribution in [2.45, 2.75) is 5.51 Å². The van der Waals surface area contributed by atoms with Gasteiger partial charge in [0.1, 0.15) is 11.9 Å². The van der Waals surface area contributed by atoms with Gasteiger partial charge < -0.3 is 0 Å². The highest BCUT2D eigenvalue weighted by atomic mass is 32.2. The molecule has 46 valence electrons. The van der Waals surface area contributed by atoms with E-state index in [0.717, 1.165) is 6.08 Å². The summed E-state index contributed by atoms with van der Waals surface area (Å²) in [5, 5.41) is 0. The van der Waals surface area contributed by atoms with Crippen molar-refractivity contribution in [3.8, 4) is 0 Å². The predicted molar refractivity (Wildman–Crippen MR) is 21.8 cm³/mol. The molecular formula is C2F3NOS. The van der Waals surface area contributed by atoms with Crippen LogP contribution in [-0.2, 0) is 4.79 Å². The van der Waals surface area contributed by atoms with Crippen molar-refractivity contribution in [2.75, 3.05) is 0 Å². The molecule has 0 aliphatic carbocycles. The normalized spacial score (nSPS) is 10.4. The molecular weight excluding hydrogens is 143 g/mol. The minimum atomic E-state index is -4.46. The molecule has 0 radical (unpaired) electrons. The first kappa shape index (κ1) is 7.52. The Balaban J connectivity index is 3.55. The van der Waals surface area contributed by atoms with Crippen molar-refractivity contribution in [2.24, 2.45) is 4.40 Å². The second-order valence-electron chi connectivity index (χ2n) is 0.720. The van der Waals surface area contributed by atoms with E-state index < -0.39 is 17.5 Å². The quantitative estimate of drug-likeness (QED) is 0.316. The molecule has 0 aromatic carbocycles. The van der Waals surface area contributed by atoms with Crippen LogP contribution >= 0.6 is 11.9 Å². The Bertz CT molecular complexity index is 115.